The molecule has 0 aromatic heterocycles. The van der Waals surface area contributed by atoms with E-state index >= 15 is 0 Å². The summed E-state index contributed by atoms with van der Waals surface area (Å²) in [4.78, 5) is 13.2. The minimum absolute atomic E-state index is 0.0767. The fourth-order valence-electron chi connectivity index (χ4n) is 4.70. The molecule has 178 valence electrons. The summed E-state index contributed by atoms with van der Waals surface area (Å²) in [7, 11) is 0. The van der Waals surface area contributed by atoms with E-state index in [-0.39, 0.29) is 29.5 Å². The quantitative estimate of drug-likeness (QED) is 0.524. The highest BCUT2D eigenvalue weighted by atomic mass is 16.5. The van der Waals surface area contributed by atoms with Gasteiger partial charge in [-0.15, -0.1) is 0 Å². The minimum Gasteiger partial charge on any atom is -0.462 e. The number of rotatable bonds is 5. The van der Waals surface area contributed by atoms with Gasteiger partial charge >= 0.3 is 5.97 Å². The lowest BCUT2D eigenvalue weighted by Gasteiger charge is -2.41. The van der Waals surface area contributed by atoms with Crippen LogP contribution in [-0.4, -0.2) is 18.3 Å². The number of esters is 1. The molecule has 7 heteroatoms. The highest BCUT2D eigenvalue weighted by molar-refractivity contribution is 6.12. The van der Waals surface area contributed by atoms with Crippen LogP contribution in [0, 0.1) is 11.3 Å². The van der Waals surface area contributed by atoms with Crippen LogP contribution in [0.15, 0.2) is 119 Å². The van der Waals surface area contributed by atoms with Gasteiger partial charge in [-0.3, -0.25) is 5.01 Å². The lowest BCUT2D eigenvalue weighted by atomic mass is 9.76. The third-order valence-electron chi connectivity index (χ3n) is 6.17. The zero-order valence-electron chi connectivity index (χ0n) is 19.7. The van der Waals surface area contributed by atoms with Crippen molar-refractivity contribution in [2.75, 3.05) is 11.6 Å². The number of hydrogen-bond donors (Lipinski definition) is 1. The van der Waals surface area contributed by atoms with Gasteiger partial charge in [-0.1, -0.05) is 78.9 Å². The van der Waals surface area contributed by atoms with Crippen molar-refractivity contribution in [1.82, 2.24) is 0 Å². The average Bonchev–Trinajstić information content (AvgIpc) is 2.93. The van der Waals surface area contributed by atoms with E-state index in [1.807, 2.05) is 91.0 Å². The van der Waals surface area contributed by atoms with E-state index in [4.69, 9.17) is 20.3 Å². The zero-order valence-corrected chi connectivity index (χ0v) is 19.7. The fraction of sp³-hybridized carbons (Fsp3) is 0.138. The first kappa shape index (κ1) is 22.9. The Morgan fingerprint density at radius 3 is 2.17 bits per heavy atom. The van der Waals surface area contributed by atoms with Crippen molar-refractivity contribution < 1.29 is 14.3 Å². The molecule has 2 heterocycles. The third kappa shape index (κ3) is 3.99. The lowest BCUT2D eigenvalue weighted by molar-refractivity contribution is -0.139. The van der Waals surface area contributed by atoms with E-state index in [1.165, 1.54) is 0 Å². The largest absolute Gasteiger partial charge is 0.462 e. The van der Waals surface area contributed by atoms with Crippen LogP contribution in [0.2, 0.25) is 0 Å². The van der Waals surface area contributed by atoms with Gasteiger partial charge in [-0.25, -0.2) is 4.79 Å². The Labute approximate surface area is 209 Å². The van der Waals surface area contributed by atoms with E-state index < -0.39 is 17.9 Å². The number of para-hydroxylation sites is 1. The number of nitriles is 1. The van der Waals surface area contributed by atoms with Crippen molar-refractivity contribution in [3.05, 3.63) is 125 Å². The highest BCUT2D eigenvalue weighted by Crippen LogP contribution is 2.50. The molecule has 3 aromatic carbocycles. The van der Waals surface area contributed by atoms with Crippen molar-refractivity contribution in [2.24, 2.45) is 10.8 Å². The van der Waals surface area contributed by atoms with Gasteiger partial charge in [-0.05, 0) is 30.2 Å². The predicted molar refractivity (Wildman–Crippen MR) is 136 cm³/mol. The molecule has 0 aliphatic carbocycles. The molecule has 0 saturated carbocycles. The van der Waals surface area contributed by atoms with Crippen molar-refractivity contribution >= 4 is 17.4 Å². The van der Waals surface area contributed by atoms with E-state index in [1.54, 1.807) is 11.9 Å². The molecule has 7 nitrogen and oxygen atoms in total. The molecule has 3 aromatic rings. The smallest absolute Gasteiger partial charge is 0.340 e. The third-order valence-corrected chi connectivity index (χ3v) is 6.17. The number of allylic oxidation sites excluding steroid dienone is 1. The first-order chi connectivity index (χ1) is 17.6. The van der Waals surface area contributed by atoms with Crippen molar-refractivity contribution in [3.8, 4) is 6.07 Å². The fourth-order valence-corrected chi connectivity index (χ4v) is 4.70. The van der Waals surface area contributed by atoms with Crippen LogP contribution in [-0.2, 0) is 14.3 Å². The molecule has 0 spiro atoms. The summed E-state index contributed by atoms with van der Waals surface area (Å²) in [5, 5.41) is 16.6. The molecule has 0 saturated heterocycles. The second-order valence-corrected chi connectivity index (χ2v) is 8.28. The molecule has 2 atom stereocenters. The van der Waals surface area contributed by atoms with Crippen molar-refractivity contribution in [1.29, 1.82) is 5.26 Å². The zero-order chi connectivity index (χ0) is 25.1. The Hall–Kier alpha value is -4.83. The average molecular weight is 477 g/mol. The van der Waals surface area contributed by atoms with Crippen LogP contribution < -0.4 is 10.7 Å². The second kappa shape index (κ2) is 9.80. The van der Waals surface area contributed by atoms with Crippen LogP contribution in [0.1, 0.15) is 30.0 Å². The van der Waals surface area contributed by atoms with Crippen LogP contribution in [0.25, 0.3) is 0 Å². The number of anilines is 1. The first-order valence-electron chi connectivity index (χ1n) is 11.7. The van der Waals surface area contributed by atoms with E-state index in [0.29, 0.717) is 5.57 Å². The van der Waals surface area contributed by atoms with Crippen LogP contribution in [0.5, 0.6) is 0 Å². The number of carbonyl (C=O) groups excluding carboxylic acids is 1. The summed E-state index contributed by atoms with van der Waals surface area (Å²) in [6, 6.07) is 30.7. The monoisotopic (exact) mass is 476 g/mol. The van der Waals surface area contributed by atoms with E-state index in [0.717, 1.165) is 16.8 Å². The molecule has 36 heavy (non-hydrogen) atoms. The number of hydrazone groups is 1. The SMILES string of the molecule is CCOC(=O)C1=C(N)OC2=C(C1c1ccccc1)C(c1ccccc1)N(c1ccccc1)N=C2C#N. The van der Waals surface area contributed by atoms with Gasteiger partial charge in [0.25, 0.3) is 0 Å². The van der Waals surface area contributed by atoms with Crippen LogP contribution in [0.3, 0.4) is 0 Å². The summed E-state index contributed by atoms with van der Waals surface area (Å²) < 4.78 is 11.4. The molecule has 2 N–H and O–H groups in total. The van der Waals surface area contributed by atoms with E-state index in [2.05, 4.69) is 6.07 Å². The molecular formula is C29H24N4O3. The van der Waals surface area contributed by atoms with Crippen molar-refractivity contribution in [2.45, 2.75) is 18.9 Å². The van der Waals surface area contributed by atoms with Gasteiger partial charge < -0.3 is 15.2 Å². The topological polar surface area (TPSA) is 101 Å². The molecule has 0 fully saturated rings. The second-order valence-electron chi connectivity index (χ2n) is 8.28. The number of carbonyl (C=O) groups is 1. The number of hydrogen-bond acceptors (Lipinski definition) is 7. The number of benzene rings is 3. The lowest BCUT2D eigenvalue weighted by Crippen LogP contribution is -2.39. The summed E-state index contributed by atoms with van der Waals surface area (Å²) in [6.07, 6.45) is 0. The van der Waals surface area contributed by atoms with Gasteiger partial charge in [0.15, 0.2) is 5.76 Å². The Balaban J connectivity index is 1.80. The number of nitrogens with zero attached hydrogens (tertiary/aromatic N) is 3. The molecule has 0 amide bonds. The Morgan fingerprint density at radius 2 is 1.58 bits per heavy atom. The maximum Gasteiger partial charge on any atom is 0.340 e. The molecular weight excluding hydrogens is 452 g/mol. The number of nitrogens with two attached hydrogens (primary N) is 1. The molecule has 2 unspecified atom stereocenters. The predicted octanol–water partition coefficient (Wildman–Crippen LogP) is 4.93. The normalized spacial score (nSPS) is 19.1. The van der Waals surface area contributed by atoms with Crippen LogP contribution in [0.4, 0.5) is 5.69 Å². The Bertz CT molecular complexity index is 1410. The van der Waals surface area contributed by atoms with Crippen molar-refractivity contribution in [3.63, 3.8) is 0 Å². The van der Waals surface area contributed by atoms with Crippen LogP contribution >= 0.6 is 0 Å². The minimum atomic E-state index is -0.621. The van der Waals surface area contributed by atoms with E-state index in [9.17, 15) is 10.1 Å². The van der Waals surface area contributed by atoms with Gasteiger partial charge in [0.1, 0.15) is 17.7 Å². The summed E-state index contributed by atoms with van der Waals surface area (Å²) in [6.45, 7) is 1.93. The standard InChI is InChI=1S/C29H24N4O3/c1-2-35-29(34)25-23(19-12-6-3-7-13-19)24-26(20-14-8-4-9-15-20)33(21-16-10-5-11-17-21)32-22(18-30)27(24)36-28(25)31/h3-17,23,26H,2,31H2,1H3. The molecule has 5 rings (SSSR count). The maximum absolute atomic E-state index is 13.2. The Kier molecular flexibility index (Phi) is 6.25. The first-order valence-corrected chi connectivity index (χ1v) is 11.7. The van der Waals surface area contributed by atoms with Gasteiger partial charge in [0, 0.05) is 11.5 Å². The molecule has 2 aliphatic heterocycles. The number of ether oxygens (including phenoxy) is 2. The molecule has 0 bridgehead atoms. The maximum atomic E-state index is 13.2. The molecule has 2 aliphatic rings. The molecule has 0 radical (unpaired) electrons. The summed E-state index contributed by atoms with van der Waals surface area (Å²) >= 11 is 0. The summed E-state index contributed by atoms with van der Waals surface area (Å²) in [5.74, 6) is -1.01. The van der Waals surface area contributed by atoms with Gasteiger partial charge in [-0.2, -0.15) is 10.4 Å². The summed E-state index contributed by atoms with van der Waals surface area (Å²) in [5.41, 5.74) is 9.85. The van der Waals surface area contributed by atoms with Gasteiger partial charge in [0.2, 0.25) is 11.6 Å². The van der Waals surface area contributed by atoms with Gasteiger partial charge in [0.05, 0.1) is 12.3 Å². The Morgan fingerprint density at radius 1 is 1.00 bits per heavy atom. The highest BCUT2D eigenvalue weighted by Gasteiger charge is 2.46.